The van der Waals surface area contributed by atoms with E-state index in [-0.39, 0.29) is 0 Å². The van der Waals surface area contributed by atoms with Crippen LogP contribution in [0.1, 0.15) is 80.1 Å². The molecule has 38 heavy (non-hydrogen) atoms. The van der Waals surface area contributed by atoms with Gasteiger partial charge in [0.2, 0.25) is 0 Å². The van der Waals surface area contributed by atoms with Crippen LogP contribution in [0.15, 0.2) is 36.4 Å². The van der Waals surface area contributed by atoms with Gasteiger partial charge in [0.15, 0.2) is 0 Å². The highest BCUT2D eigenvalue weighted by Crippen LogP contribution is 2.41. The molecule has 0 saturated heterocycles. The molecule has 212 valence electrons. The second kappa shape index (κ2) is 12.4. The highest BCUT2D eigenvalue weighted by Gasteiger charge is 2.33. The van der Waals surface area contributed by atoms with Crippen LogP contribution in [-0.4, -0.2) is 26.3 Å². The van der Waals surface area contributed by atoms with Crippen LogP contribution in [0.4, 0.5) is 22.7 Å². The van der Waals surface area contributed by atoms with Crippen molar-refractivity contribution in [2.75, 3.05) is 36.3 Å². The van der Waals surface area contributed by atoms with E-state index in [0.29, 0.717) is 22.9 Å². The van der Waals surface area contributed by atoms with Gasteiger partial charge in [-0.15, -0.1) is 0 Å². The molecule has 6 heteroatoms. The topological polar surface area (TPSA) is 94.6 Å². The SMILES string of the molecule is COc1ccc(N)c(N[C@@H]2C[C@H](C)CC(C)(C)C2)c1.COc1ccc(N)c(N[C@H]2C[C@@H](C)CC(C)(C)C2)c1. The summed E-state index contributed by atoms with van der Waals surface area (Å²) in [7, 11) is 3.36. The Morgan fingerprint density at radius 3 is 1.34 bits per heavy atom. The highest BCUT2D eigenvalue weighted by atomic mass is 16.5. The Balaban J connectivity index is 0.000000211. The summed E-state index contributed by atoms with van der Waals surface area (Å²) in [6.07, 6.45) is 7.40. The molecule has 2 aromatic rings. The fraction of sp³-hybridized carbons (Fsp3) is 0.625. The summed E-state index contributed by atoms with van der Waals surface area (Å²) in [5.41, 5.74) is 16.5. The first kappa shape index (κ1) is 29.8. The molecule has 0 unspecified atom stereocenters. The van der Waals surface area contributed by atoms with Crippen molar-refractivity contribution in [3.8, 4) is 11.5 Å². The van der Waals surface area contributed by atoms with Crippen molar-refractivity contribution in [2.45, 2.75) is 92.2 Å². The summed E-state index contributed by atoms with van der Waals surface area (Å²) < 4.78 is 10.5. The lowest BCUT2D eigenvalue weighted by molar-refractivity contribution is 0.177. The normalized spacial score (nSPS) is 25.9. The number of nitrogen functional groups attached to an aromatic ring is 2. The van der Waals surface area contributed by atoms with Gasteiger partial charge in [0.05, 0.1) is 37.0 Å². The quantitative estimate of drug-likeness (QED) is 0.288. The Bertz CT molecular complexity index is 968. The van der Waals surface area contributed by atoms with E-state index < -0.39 is 0 Å². The van der Waals surface area contributed by atoms with Crippen molar-refractivity contribution < 1.29 is 9.47 Å². The fourth-order valence-corrected chi connectivity index (χ4v) is 6.93. The molecule has 0 aliphatic heterocycles. The van der Waals surface area contributed by atoms with Crippen LogP contribution in [0.25, 0.3) is 0 Å². The lowest BCUT2D eigenvalue weighted by Gasteiger charge is -2.39. The number of hydrogen-bond donors (Lipinski definition) is 4. The van der Waals surface area contributed by atoms with Gasteiger partial charge in [0.1, 0.15) is 11.5 Å². The Morgan fingerprint density at radius 2 is 1.03 bits per heavy atom. The van der Waals surface area contributed by atoms with Crippen LogP contribution in [-0.2, 0) is 0 Å². The molecule has 2 aliphatic carbocycles. The number of rotatable bonds is 6. The molecule has 2 aliphatic rings. The fourth-order valence-electron chi connectivity index (χ4n) is 6.93. The Kier molecular flexibility index (Phi) is 9.72. The standard InChI is InChI=1S/2C16H26N2O/c2*1-11-7-12(10-16(2,3)9-11)18-15-8-13(19-4)5-6-14(15)17/h2*5-6,8,11-12,18H,7,9-10,17H2,1-4H3/t2*11-,12+/m10/s1. The van der Waals surface area contributed by atoms with Crippen LogP contribution >= 0.6 is 0 Å². The van der Waals surface area contributed by atoms with Crippen LogP contribution in [0.3, 0.4) is 0 Å². The highest BCUT2D eigenvalue weighted by molar-refractivity contribution is 5.69. The van der Waals surface area contributed by atoms with Crippen LogP contribution in [0.5, 0.6) is 11.5 Å². The molecule has 0 heterocycles. The van der Waals surface area contributed by atoms with E-state index in [4.69, 9.17) is 20.9 Å². The zero-order chi connectivity index (χ0) is 28.1. The van der Waals surface area contributed by atoms with E-state index in [0.717, 1.165) is 46.1 Å². The smallest absolute Gasteiger partial charge is 0.121 e. The number of benzene rings is 2. The zero-order valence-electron chi connectivity index (χ0n) is 25.0. The second-order valence-corrected chi connectivity index (χ2v) is 13.4. The van der Waals surface area contributed by atoms with Gasteiger partial charge in [-0.05, 0) is 85.5 Å². The maximum atomic E-state index is 6.05. The van der Waals surface area contributed by atoms with Crippen molar-refractivity contribution in [3.05, 3.63) is 36.4 Å². The minimum absolute atomic E-state index is 0.406. The minimum atomic E-state index is 0.406. The minimum Gasteiger partial charge on any atom is -0.497 e. The molecule has 0 amide bonds. The molecule has 0 aromatic heterocycles. The van der Waals surface area contributed by atoms with E-state index in [1.54, 1.807) is 14.2 Å². The molecule has 4 rings (SSSR count). The van der Waals surface area contributed by atoms with E-state index in [2.05, 4.69) is 52.2 Å². The van der Waals surface area contributed by atoms with Crippen molar-refractivity contribution >= 4 is 22.7 Å². The van der Waals surface area contributed by atoms with E-state index in [1.165, 1.54) is 38.5 Å². The molecule has 2 aromatic carbocycles. The number of methoxy groups -OCH3 is 2. The number of ether oxygens (including phenoxy) is 2. The molecule has 0 radical (unpaired) electrons. The van der Waals surface area contributed by atoms with Crippen LogP contribution in [0.2, 0.25) is 0 Å². The monoisotopic (exact) mass is 524 g/mol. The average molecular weight is 525 g/mol. The third-order valence-corrected chi connectivity index (χ3v) is 8.01. The first-order valence-corrected chi connectivity index (χ1v) is 14.2. The van der Waals surface area contributed by atoms with E-state index in [9.17, 15) is 0 Å². The van der Waals surface area contributed by atoms with E-state index >= 15 is 0 Å². The maximum Gasteiger partial charge on any atom is 0.121 e. The molecule has 6 nitrogen and oxygen atoms in total. The Morgan fingerprint density at radius 1 is 0.658 bits per heavy atom. The summed E-state index contributed by atoms with van der Waals surface area (Å²) >= 11 is 0. The van der Waals surface area contributed by atoms with Crippen molar-refractivity contribution in [2.24, 2.45) is 22.7 Å². The Hall–Kier alpha value is -2.76. The summed E-state index contributed by atoms with van der Waals surface area (Å²) in [4.78, 5) is 0. The number of anilines is 4. The predicted octanol–water partition coefficient (Wildman–Crippen LogP) is 7.81. The molecule has 0 spiro atoms. The van der Waals surface area contributed by atoms with Gasteiger partial charge in [-0.2, -0.15) is 0 Å². The largest absolute Gasteiger partial charge is 0.497 e. The van der Waals surface area contributed by atoms with Crippen LogP contribution < -0.4 is 31.6 Å². The summed E-state index contributed by atoms with van der Waals surface area (Å²) in [6, 6.07) is 12.6. The number of hydrogen-bond acceptors (Lipinski definition) is 6. The van der Waals surface area contributed by atoms with Gasteiger partial charge in [-0.1, -0.05) is 41.5 Å². The maximum absolute atomic E-state index is 6.05. The third kappa shape index (κ3) is 8.64. The van der Waals surface area contributed by atoms with Crippen molar-refractivity contribution in [1.82, 2.24) is 0 Å². The van der Waals surface area contributed by atoms with Gasteiger partial charge in [-0.3, -0.25) is 0 Å². The third-order valence-electron chi connectivity index (χ3n) is 8.01. The molecule has 4 atom stereocenters. The molecule has 2 fully saturated rings. The summed E-state index contributed by atoms with van der Waals surface area (Å²) in [5.74, 6) is 3.21. The lowest BCUT2D eigenvalue weighted by atomic mass is 9.70. The zero-order valence-corrected chi connectivity index (χ0v) is 25.0. The van der Waals surface area contributed by atoms with Gasteiger partial charge >= 0.3 is 0 Å². The van der Waals surface area contributed by atoms with Crippen LogP contribution in [0, 0.1) is 22.7 Å². The number of nitrogens with two attached hydrogens (primary N) is 2. The van der Waals surface area contributed by atoms with Gasteiger partial charge in [0, 0.05) is 24.2 Å². The van der Waals surface area contributed by atoms with Gasteiger partial charge < -0.3 is 31.6 Å². The Labute approximate surface area is 231 Å². The van der Waals surface area contributed by atoms with Gasteiger partial charge in [0.25, 0.3) is 0 Å². The molecule has 6 N–H and O–H groups in total. The van der Waals surface area contributed by atoms with Gasteiger partial charge in [-0.25, -0.2) is 0 Å². The molecule has 0 bridgehead atoms. The van der Waals surface area contributed by atoms with Crippen molar-refractivity contribution in [1.29, 1.82) is 0 Å². The average Bonchev–Trinajstić information content (AvgIpc) is 2.80. The summed E-state index contributed by atoms with van der Waals surface area (Å²) in [5, 5.41) is 7.21. The van der Waals surface area contributed by atoms with E-state index in [1.807, 2.05) is 36.4 Å². The lowest BCUT2D eigenvalue weighted by Crippen LogP contribution is -2.35. The first-order chi connectivity index (χ1) is 17.8. The number of nitrogens with one attached hydrogen (secondary N) is 2. The second-order valence-electron chi connectivity index (χ2n) is 13.4. The summed E-state index contributed by atoms with van der Waals surface area (Å²) in [6.45, 7) is 14.1. The molecular formula is C32H52N4O2. The first-order valence-electron chi connectivity index (χ1n) is 14.2. The van der Waals surface area contributed by atoms with Crippen molar-refractivity contribution in [3.63, 3.8) is 0 Å². The molecular weight excluding hydrogens is 472 g/mol. The molecule has 2 saturated carbocycles. The predicted molar refractivity (Wildman–Crippen MR) is 163 cm³/mol.